The number of nitrogens with two attached hydrogens (primary N) is 1. The Labute approximate surface area is 198 Å². The van der Waals surface area contributed by atoms with E-state index in [-0.39, 0.29) is 18.8 Å². The van der Waals surface area contributed by atoms with E-state index in [1.165, 1.54) is 6.92 Å². The van der Waals surface area contributed by atoms with Gasteiger partial charge in [0.15, 0.2) is 0 Å². The van der Waals surface area contributed by atoms with Gasteiger partial charge < -0.3 is 31.9 Å². The summed E-state index contributed by atoms with van der Waals surface area (Å²) in [4.78, 5) is 60.1. The van der Waals surface area contributed by atoms with E-state index in [0.717, 1.165) is 0 Å². The number of carboxylic acid groups (broad SMARTS) is 2. The molecule has 3 amide bonds. The highest BCUT2D eigenvalue weighted by Gasteiger charge is 2.29. The Hall–Kier alpha value is -3.47. The number of amides is 3. The van der Waals surface area contributed by atoms with Crippen molar-refractivity contribution in [3.05, 3.63) is 35.9 Å². The summed E-state index contributed by atoms with van der Waals surface area (Å²) in [6.07, 6.45) is -0.279. The molecule has 0 aliphatic rings. The third-order valence-electron chi connectivity index (χ3n) is 4.99. The van der Waals surface area contributed by atoms with E-state index in [9.17, 15) is 29.1 Å². The fourth-order valence-electron chi connectivity index (χ4n) is 3.15. The third-order valence-corrected chi connectivity index (χ3v) is 4.99. The maximum absolute atomic E-state index is 12.9. The van der Waals surface area contributed by atoms with Crippen molar-refractivity contribution in [2.75, 3.05) is 0 Å². The molecule has 7 N–H and O–H groups in total. The molecule has 4 unspecified atom stereocenters. The van der Waals surface area contributed by atoms with Crippen LogP contribution in [0.15, 0.2) is 30.3 Å². The summed E-state index contributed by atoms with van der Waals surface area (Å²) in [6, 6.07) is 4.36. The van der Waals surface area contributed by atoms with Gasteiger partial charge in [-0.2, -0.15) is 0 Å². The van der Waals surface area contributed by atoms with E-state index >= 15 is 0 Å². The molecule has 0 aliphatic carbocycles. The van der Waals surface area contributed by atoms with Crippen molar-refractivity contribution in [3.8, 4) is 0 Å². The van der Waals surface area contributed by atoms with Gasteiger partial charge in [0.1, 0.15) is 18.1 Å². The number of nitrogens with one attached hydrogen (secondary N) is 3. The van der Waals surface area contributed by atoms with E-state index in [1.807, 2.05) is 13.8 Å². The molecule has 0 fully saturated rings. The lowest BCUT2D eigenvalue weighted by Gasteiger charge is -2.24. The van der Waals surface area contributed by atoms with Gasteiger partial charge in [0, 0.05) is 12.8 Å². The molecule has 0 bridgehead atoms. The van der Waals surface area contributed by atoms with Crippen molar-refractivity contribution in [3.63, 3.8) is 0 Å². The van der Waals surface area contributed by atoms with Crippen LogP contribution in [0, 0.1) is 5.92 Å². The summed E-state index contributed by atoms with van der Waals surface area (Å²) in [5.74, 6) is -4.34. The van der Waals surface area contributed by atoms with Gasteiger partial charge in [0.2, 0.25) is 17.7 Å². The molecule has 188 valence electrons. The molecule has 0 radical (unpaired) electrons. The lowest BCUT2D eigenvalue weighted by Crippen LogP contribution is -2.57. The Bertz CT molecular complexity index is 860. The Balaban J connectivity index is 2.93. The number of carbonyl (C=O) groups excluding carboxylic acids is 3. The fourth-order valence-corrected chi connectivity index (χ4v) is 3.15. The minimum atomic E-state index is -1.44. The average molecular weight is 479 g/mol. The summed E-state index contributed by atoms with van der Waals surface area (Å²) >= 11 is 0. The molecule has 0 aliphatic heterocycles. The van der Waals surface area contributed by atoms with Gasteiger partial charge >= 0.3 is 11.9 Å². The lowest BCUT2D eigenvalue weighted by atomic mass is 10.0. The zero-order valence-electron chi connectivity index (χ0n) is 19.6. The maximum Gasteiger partial charge on any atom is 0.326 e. The molecule has 0 saturated carbocycles. The largest absolute Gasteiger partial charge is 0.481 e. The van der Waals surface area contributed by atoms with Gasteiger partial charge in [-0.1, -0.05) is 44.2 Å². The molecule has 1 aromatic carbocycles. The highest BCUT2D eigenvalue weighted by Crippen LogP contribution is 2.07. The van der Waals surface area contributed by atoms with Crippen LogP contribution in [0.1, 0.15) is 45.6 Å². The van der Waals surface area contributed by atoms with Crippen molar-refractivity contribution in [1.82, 2.24) is 16.0 Å². The van der Waals surface area contributed by atoms with Crippen LogP contribution in [-0.4, -0.2) is 64.0 Å². The fraction of sp³-hybridized carbons (Fsp3) is 0.522. The number of hydrogen-bond acceptors (Lipinski definition) is 6. The minimum absolute atomic E-state index is 0.0528. The van der Waals surface area contributed by atoms with Crippen LogP contribution in [0.3, 0.4) is 0 Å². The van der Waals surface area contributed by atoms with Crippen LogP contribution >= 0.6 is 0 Å². The van der Waals surface area contributed by atoms with Crippen molar-refractivity contribution in [2.24, 2.45) is 11.7 Å². The second kappa shape index (κ2) is 13.9. The van der Waals surface area contributed by atoms with Crippen molar-refractivity contribution in [1.29, 1.82) is 0 Å². The zero-order valence-corrected chi connectivity index (χ0v) is 19.6. The van der Waals surface area contributed by atoms with Crippen LogP contribution in [0.25, 0.3) is 0 Å². The first kappa shape index (κ1) is 28.6. The SMILES string of the molecule is CC(C)CC(N)C(=O)NC(C)C(=O)NC(Cc1ccccc1)C(=O)NC(CCC(=O)O)C(=O)O. The highest BCUT2D eigenvalue weighted by molar-refractivity contribution is 5.94. The molecule has 11 nitrogen and oxygen atoms in total. The predicted octanol–water partition coefficient (Wildman–Crippen LogP) is 0.0262. The Morgan fingerprint density at radius 1 is 0.853 bits per heavy atom. The summed E-state index contributed by atoms with van der Waals surface area (Å²) in [6.45, 7) is 5.27. The zero-order chi connectivity index (χ0) is 25.8. The highest BCUT2D eigenvalue weighted by atomic mass is 16.4. The number of aliphatic carboxylic acids is 2. The molecule has 1 aromatic rings. The number of benzene rings is 1. The summed E-state index contributed by atoms with van der Waals surface area (Å²) in [7, 11) is 0. The molecule has 34 heavy (non-hydrogen) atoms. The topological polar surface area (TPSA) is 188 Å². The predicted molar refractivity (Wildman–Crippen MR) is 124 cm³/mol. The number of carbonyl (C=O) groups is 5. The van der Waals surface area contributed by atoms with E-state index in [0.29, 0.717) is 12.0 Å². The van der Waals surface area contributed by atoms with Crippen LogP contribution in [0.2, 0.25) is 0 Å². The van der Waals surface area contributed by atoms with Crippen molar-refractivity contribution in [2.45, 2.75) is 70.6 Å². The second-order valence-corrected chi connectivity index (χ2v) is 8.55. The summed E-state index contributed by atoms with van der Waals surface area (Å²) < 4.78 is 0. The van der Waals surface area contributed by atoms with E-state index in [4.69, 9.17) is 10.8 Å². The summed E-state index contributed by atoms with van der Waals surface area (Å²) in [5.41, 5.74) is 6.55. The second-order valence-electron chi connectivity index (χ2n) is 8.55. The quantitative estimate of drug-likeness (QED) is 0.216. The standard InChI is InChI=1S/C23H34N4O7/c1-13(2)11-16(24)21(31)25-14(3)20(30)27-18(12-15-7-5-4-6-8-15)22(32)26-17(23(33)34)9-10-19(28)29/h4-8,13-14,16-18H,9-12,24H2,1-3H3,(H,25,31)(H,26,32)(H,27,30)(H,28,29)(H,33,34). The molecule has 0 saturated heterocycles. The molecule has 4 atom stereocenters. The monoisotopic (exact) mass is 478 g/mol. The maximum atomic E-state index is 12.9. The van der Waals surface area contributed by atoms with Crippen molar-refractivity contribution < 1.29 is 34.2 Å². The minimum Gasteiger partial charge on any atom is -0.481 e. The van der Waals surface area contributed by atoms with E-state index in [2.05, 4.69) is 16.0 Å². The van der Waals surface area contributed by atoms with Gasteiger partial charge in [-0.15, -0.1) is 0 Å². The van der Waals surface area contributed by atoms with Crippen LogP contribution in [0.5, 0.6) is 0 Å². The molecule has 1 rings (SSSR count). The normalized spacial score (nSPS) is 14.4. The van der Waals surface area contributed by atoms with Gasteiger partial charge in [0.25, 0.3) is 0 Å². The first-order valence-electron chi connectivity index (χ1n) is 11.1. The third kappa shape index (κ3) is 10.4. The van der Waals surface area contributed by atoms with E-state index < -0.39 is 60.2 Å². The van der Waals surface area contributed by atoms with Gasteiger partial charge in [0.05, 0.1) is 6.04 Å². The molecular formula is C23H34N4O7. The first-order valence-corrected chi connectivity index (χ1v) is 11.1. The number of rotatable bonds is 14. The molecule has 0 spiro atoms. The Kier molecular flexibility index (Phi) is 11.7. The molecule has 0 aromatic heterocycles. The average Bonchev–Trinajstić information content (AvgIpc) is 2.75. The van der Waals surface area contributed by atoms with Crippen LogP contribution in [-0.2, 0) is 30.4 Å². The summed E-state index contributed by atoms with van der Waals surface area (Å²) in [5, 5.41) is 25.5. The van der Waals surface area contributed by atoms with Gasteiger partial charge in [-0.05, 0) is 31.2 Å². The first-order chi connectivity index (χ1) is 15.9. The Morgan fingerprint density at radius 3 is 1.97 bits per heavy atom. The molecule has 0 heterocycles. The Morgan fingerprint density at radius 2 is 1.44 bits per heavy atom. The van der Waals surface area contributed by atoms with Gasteiger partial charge in [-0.3, -0.25) is 19.2 Å². The smallest absolute Gasteiger partial charge is 0.326 e. The number of hydrogen-bond donors (Lipinski definition) is 6. The molecular weight excluding hydrogens is 444 g/mol. The van der Waals surface area contributed by atoms with Crippen LogP contribution < -0.4 is 21.7 Å². The van der Waals surface area contributed by atoms with Crippen LogP contribution in [0.4, 0.5) is 0 Å². The van der Waals surface area contributed by atoms with Crippen molar-refractivity contribution >= 4 is 29.7 Å². The van der Waals surface area contributed by atoms with Gasteiger partial charge in [-0.25, -0.2) is 4.79 Å². The van der Waals surface area contributed by atoms with E-state index in [1.54, 1.807) is 30.3 Å². The lowest BCUT2D eigenvalue weighted by molar-refractivity contribution is -0.143. The number of carboxylic acids is 2. The molecule has 11 heteroatoms.